The van der Waals surface area contributed by atoms with E-state index >= 15 is 0 Å². The lowest BCUT2D eigenvalue weighted by atomic mass is 9.86. The first-order chi connectivity index (χ1) is 12.2. The number of rotatable bonds is 5. The molecule has 0 unspecified atom stereocenters. The molecule has 25 heavy (non-hydrogen) atoms. The van der Waals surface area contributed by atoms with Gasteiger partial charge in [0.05, 0.1) is 11.8 Å². The summed E-state index contributed by atoms with van der Waals surface area (Å²) < 4.78 is 5.19. The standard InChI is InChI=1S/C22H18O3/c23-21(18-10-4-1-5-11-18)25-17-16-22(24,19-12-6-2-7-13-19)20-14-8-3-9-15-20/h1-17,24H/b17-16-. The Morgan fingerprint density at radius 3 is 1.68 bits per heavy atom. The van der Waals surface area contributed by atoms with Gasteiger partial charge in [0.1, 0.15) is 5.60 Å². The average molecular weight is 330 g/mol. The first kappa shape index (κ1) is 16.7. The molecule has 1 N–H and O–H groups in total. The van der Waals surface area contributed by atoms with E-state index in [4.69, 9.17) is 4.74 Å². The molecule has 0 aliphatic rings. The molecular weight excluding hydrogens is 312 g/mol. The largest absolute Gasteiger partial charge is 0.431 e. The van der Waals surface area contributed by atoms with Crippen molar-refractivity contribution in [3.63, 3.8) is 0 Å². The molecule has 0 heterocycles. The fourth-order valence-corrected chi connectivity index (χ4v) is 2.58. The molecule has 0 radical (unpaired) electrons. The highest BCUT2D eigenvalue weighted by Gasteiger charge is 2.28. The van der Waals surface area contributed by atoms with Crippen LogP contribution in [0.2, 0.25) is 0 Å². The van der Waals surface area contributed by atoms with Crippen molar-refractivity contribution in [1.82, 2.24) is 0 Å². The third-order valence-corrected chi connectivity index (χ3v) is 3.92. The predicted octanol–water partition coefficient (Wildman–Crippen LogP) is 4.29. The Morgan fingerprint density at radius 1 is 0.760 bits per heavy atom. The van der Waals surface area contributed by atoms with Crippen LogP contribution in [0.3, 0.4) is 0 Å². The van der Waals surface area contributed by atoms with Crippen molar-refractivity contribution in [1.29, 1.82) is 0 Å². The lowest BCUT2D eigenvalue weighted by Gasteiger charge is -2.25. The topological polar surface area (TPSA) is 46.5 Å². The van der Waals surface area contributed by atoms with E-state index in [1.807, 2.05) is 66.7 Å². The number of benzene rings is 3. The van der Waals surface area contributed by atoms with Gasteiger partial charge in [-0.2, -0.15) is 0 Å². The zero-order valence-electron chi connectivity index (χ0n) is 13.6. The number of esters is 1. The normalized spacial score (nSPS) is 11.4. The van der Waals surface area contributed by atoms with Crippen molar-refractivity contribution in [2.45, 2.75) is 5.60 Å². The predicted molar refractivity (Wildman–Crippen MR) is 96.9 cm³/mol. The summed E-state index contributed by atoms with van der Waals surface area (Å²) >= 11 is 0. The summed E-state index contributed by atoms with van der Waals surface area (Å²) in [4.78, 5) is 12.0. The van der Waals surface area contributed by atoms with Crippen LogP contribution in [0.5, 0.6) is 0 Å². The molecule has 124 valence electrons. The summed E-state index contributed by atoms with van der Waals surface area (Å²) in [6.07, 6.45) is 2.73. The van der Waals surface area contributed by atoms with Gasteiger partial charge in [0.2, 0.25) is 0 Å². The van der Waals surface area contributed by atoms with Crippen molar-refractivity contribution in [2.75, 3.05) is 0 Å². The number of hydrogen-bond acceptors (Lipinski definition) is 3. The second kappa shape index (κ2) is 7.60. The summed E-state index contributed by atoms with van der Waals surface area (Å²) in [5.74, 6) is -0.472. The van der Waals surface area contributed by atoms with Crippen LogP contribution in [-0.4, -0.2) is 11.1 Å². The van der Waals surface area contributed by atoms with Crippen LogP contribution in [0.4, 0.5) is 0 Å². The van der Waals surface area contributed by atoms with E-state index in [1.54, 1.807) is 24.3 Å². The molecule has 3 aromatic rings. The molecule has 0 spiro atoms. The van der Waals surface area contributed by atoms with Gasteiger partial charge in [-0.1, -0.05) is 78.9 Å². The van der Waals surface area contributed by atoms with E-state index in [-0.39, 0.29) is 0 Å². The highest BCUT2D eigenvalue weighted by molar-refractivity contribution is 5.89. The molecule has 3 nitrogen and oxygen atoms in total. The number of aliphatic hydroxyl groups is 1. The van der Waals surface area contributed by atoms with Crippen LogP contribution in [0, 0.1) is 0 Å². The lowest BCUT2D eigenvalue weighted by Crippen LogP contribution is -2.24. The molecule has 0 aromatic heterocycles. The molecule has 0 aliphatic heterocycles. The Kier molecular flexibility index (Phi) is 5.07. The third kappa shape index (κ3) is 3.84. The summed E-state index contributed by atoms with van der Waals surface area (Å²) in [6, 6.07) is 27.2. The summed E-state index contributed by atoms with van der Waals surface area (Å²) in [6.45, 7) is 0. The van der Waals surface area contributed by atoms with Crippen LogP contribution in [-0.2, 0) is 10.3 Å². The first-order valence-corrected chi connectivity index (χ1v) is 7.97. The number of hydrogen-bond donors (Lipinski definition) is 1. The van der Waals surface area contributed by atoms with Crippen molar-refractivity contribution < 1.29 is 14.6 Å². The second-order valence-electron chi connectivity index (χ2n) is 5.57. The monoisotopic (exact) mass is 330 g/mol. The minimum absolute atomic E-state index is 0.454. The minimum atomic E-state index is -1.39. The Hall–Kier alpha value is -3.17. The van der Waals surface area contributed by atoms with Gasteiger partial charge in [-0.3, -0.25) is 0 Å². The highest BCUT2D eigenvalue weighted by Crippen LogP contribution is 2.31. The lowest BCUT2D eigenvalue weighted by molar-refractivity contribution is 0.0651. The second-order valence-corrected chi connectivity index (χ2v) is 5.57. The maximum atomic E-state index is 12.0. The van der Waals surface area contributed by atoms with Crippen molar-refractivity contribution in [2.24, 2.45) is 0 Å². The van der Waals surface area contributed by atoms with E-state index in [1.165, 1.54) is 12.3 Å². The SMILES string of the molecule is O=C(O/C=C\C(O)(c1ccccc1)c1ccccc1)c1ccccc1. The van der Waals surface area contributed by atoms with E-state index in [0.717, 1.165) is 0 Å². The Morgan fingerprint density at radius 2 is 1.20 bits per heavy atom. The summed E-state index contributed by atoms with van der Waals surface area (Å²) in [5.41, 5.74) is 0.441. The number of carbonyl (C=O) groups excluding carboxylic acids is 1. The summed E-state index contributed by atoms with van der Waals surface area (Å²) in [5, 5.41) is 11.3. The molecule has 3 heteroatoms. The molecule has 0 atom stereocenters. The smallest absolute Gasteiger partial charge is 0.342 e. The molecule has 3 aromatic carbocycles. The highest BCUT2D eigenvalue weighted by atomic mass is 16.5. The third-order valence-electron chi connectivity index (χ3n) is 3.92. The zero-order valence-corrected chi connectivity index (χ0v) is 13.6. The van der Waals surface area contributed by atoms with Gasteiger partial charge in [-0.25, -0.2) is 4.79 Å². The van der Waals surface area contributed by atoms with Gasteiger partial charge in [0.15, 0.2) is 0 Å². The van der Waals surface area contributed by atoms with Crippen LogP contribution >= 0.6 is 0 Å². The van der Waals surface area contributed by atoms with Crippen molar-refractivity contribution in [3.8, 4) is 0 Å². The Bertz CT molecular complexity index is 801. The van der Waals surface area contributed by atoms with Crippen LogP contribution < -0.4 is 0 Å². The molecule has 0 amide bonds. The van der Waals surface area contributed by atoms with Gasteiger partial charge in [-0.05, 0) is 29.3 Å². The minimum Gasteiger partial charge on any atom is -0.431 e. The molecule has 3 rings (SSSR count). The first-order valence-electron chi connectivity index (χ1n) is 7.97. The van der Waals surface area contributed by atoms with Gasteiger partial charge < -0.3 is 9.84 Å². The van der Waals surface area contributed by atoms with Gasteiger partial charge >= 0.3 is 5.97 Å². The molecule has 0 aliphatic carbocycles. The van der Waals surface area contributed by atoms with E-state index in [2.05, 4.69) is 0 Å². The number of ether oxygens (including phenoxy) is 1. The molecule has 0 saturated heterocycles. The van der Waals surface area contributed by atoms with E-state index in [9.17, 15) is 9.90 Å². The fraction of sp³-hybridized carbons (Fsp3) is 0.0455. The molecule has 0 fully saturated rings. The van der Waals surface area contributed by atoms with Crippen LogP contribution in [0.25, 0.3) is 0 Å². The average Bonchev–Trinajstić information content (AvgIpc) is 2.70. The molecular formula is C22H18O3. The van der Waals surface area contributed by atoms with Crippen LogP contribution in [0.15, 0.2) is 103 Å². The van der Waals surface area contributed by atoms with Gasteiger partial charge in [0, 0.05) is 0 Å². The van der Waals surface area contributed by atoms with E-state index < -0.39 is 11.6 Å². The molecule has 0 bridgehead atoms. The van der Waals surface area contributed by atoms with Crippen LogP contribution in [0.1, 0.15) is 21.5 Å². The fourth-order valence-electron chi connectivity index (χ4n) is 2.58. The van der Waals surface area contributed by atoms with Gasteiger partial charge in [0.25, 0.3) is 0 Å². The van der Waals surface area contributed by atoms with Gasteiger partial charge in [-0.15, -0.1) is 0 Å². The zero-order chi connectivity index (χ0) is 17.5. The Balaban J connectivity index is 1.87. The quantitative estimate of drug-likeness (QED) is 0.561. The summed E-state index contributed by atoms with van der Waals surface area (Å²) in [7, 11) is 0. The maximum Gasteiger partial charge on any atom is 0.342 e. The van der Waals surface area contributed by atoms with E-state index in [0.29, 0.717) is 16.7 Å². The Labute approximate surface area is 146 Å². The van der Waals surface area contributed by atoms with Crippen molar-refractivity contribution >= 4 is 5.97 Å². The number of carbonyl (C=O) groups is 1. The van der Waals surface area contributed by atoms with Crippen molar-refractivity contribution in [3.05, 3.63) is 120 Å². The molecule has 0 saturated carbocycles. The maximum absolute atomic E-state index is 12.0.